The fraction of sp³-hybridized carbons (Fsp3) is 0.471. The van der Waals surface area contributed by atoms with Crippen LogP contribution >= 0.6 is 11.3 Å². The highest BCUT2D eigenvalue weighted by molar-refractivity contribution is 7.13. The molecule has 8 heteroatoms. The van der Waals surface area contributed by atoms with Gasteiger partial charge in [0.15, 0.2) is 0 Å². The molecular formula is C17H21N3O4S. The van der Waals surface area contributed by atoms with E-state index in [2.05, 4.69) is 10.3 Å². The molecule has 0 aromatic carbocycles. The summed E-state index contributed by atoms with van der Waals surface area (Å²) in [6.07, 6.45) is 3.27. The highest BCUT2D eigenvalue weighted by Gasteiger charge is 2.34. The number of thiophene rings is 1. The summed E-state index contributed by atoms with van der Waals surface area (Å²) in [5, 5.41) is 13.8. The molecule has 0 spiro atoms. The van der Waals surface area contributed by atoms with Crippen molar-refractivity contribution in [2.24, 2.45) is 0 Å². The van der Waals surface area contributed by atoms with Crippen LogP contribution in [0.15, 0.2) is 28.2 Å². The number of amides is 1. The molecule has 0 unspecified atom stereocenters. The lowest BCUT2D eigenvalue weighted by Gasteiger charge is -2.42. The molecule has 7 nitrogen and oxygen atoms in total. The van der Waals surface area contributed by atoms with Crippen molar-refractivity contribution < 1.29 is 19.1 Å². The minimum absolute atomic E-state index is 0.0479. The minimum atomic E-state index is -0.818. The topological polar surface area (TPSA) is 95.7 Å². The summed E-state index contributed by atoms with van der Waals surface area (Å²) in [7, 11) is 0. The molecule has 0 saturated heterocycles. The lowest BCUT2D eigenvalue weighted by Crippen LogP contribution is -2.55. The molecule has 0 atom stereocenters. The number of carboxylic acid groups (broad SMARTS) is 1. The zero-order valence-corrected chi connectivity index (χ0v) is 14.8. The van der Waals surface area contributed by atoms with E-state index in [9.17, 15) is 9.59 Å². The van der Waals surface area contributed by atoms with Crippen molar-refractivity contribution in [1.82, 2.24) is 15.2 Å². The predicted molar refractivity (Wildman–Crippen MR) is 93.4 cm³/mol. The molecule has 0 bridgehead atoms. The fourth-order valence-electron chi connectivity index (χ4n) is 3.02. The number of likely N-dealkylation sites (N-methyl/N-ethyl adjacent to an activating group) is 1. The van der Waals surface area contributed by atoms with E-state index in [0.717, 1.165) is 17.7 Å². The Labute approximate surface area is 149 Å². The average molecular weight is 363 g/mol. The first kappa shape index (κ1) is 17.6. The van der Waals surface area contributed by atoms with E-state index in [1.54, 1.807) is 0 Å². The molecule has 0 aliphatic heterocycles. The van der Waals surface area contributed by atoms with Crippen LogP contribution in [0.2, 0.25) is 0 Å². The second-order valence-electron chi connectivity index (χ2n) is 6.14. The fourth-order valence-corrected chi connectivity index (χ4v) is 3.68. The maximum Gasteiger partial charge on any atom is 0.317 e. The standard InChI is InChI=1S/C17H21N3O4S/c1-2-20(9-16(22)23)13-6-11(7-13)18-15(21)8-12-10-24-17(19-12)14-4-3-5-25-14/h3-5,10-11,13H,2,6-9H2,1H3,(H,18,21)(H,22,23). The number of rotatable bonds is 8. The number of carboxylic acids is 1. The molecule has 134 valence electrons. The van der Waals surface area contributed by atoms with Gasteiger partial charge < -0.3 is 14.8 Å². The molecule has 3 rings (SSSR count). The number of oxazole rings is 1. The first-order valence-electron chi connectivity index (χ1n) is 8.28. The highest BCUT2D eigenvalue weighted by Crippen LogP contribution is 2.26. The summed E-state index contributed by atoms with van der Waals surface area (Å²) >= 11 is 1.54. The van der Waals surface area contributed by atoms with Crippen molar-refractivity contribution in [3.63, 3.8) is 0 Å². The van der Waals surface area contributed by atoms with Gasteiger partial charge in [0.05, 0.1) is 23.5 Å². The molecule has 1 amide bonds. The zero-order valence-electron chi connectivity index (χ0n) is 14.0. The Morgan fingerprint density at radius 1 is 1.48 bits per heavy atom. The number of carbonyl (C=O) groups excluding carboxylic acids is 1. The molecule has 25 heavy (non-hydrogen) atoms. The predicted octanol–water partition coefficient (Wildman–Crippen LogP) is 2.00. The largest absolute Gasteiger partial charge is 0.480 e. The molecule has 2 heterocycles. The van der Waals surface area contributed by atoms with E-state index in [1.807, 2.05) is 29.3 Å². The van der Waals surface area contributed by atoms with Gasteiger partial charge in [-0.3, -0.25) is 14.5 Å². The van der Waals surface area contributed by atoms with E-state index in [4.69, 9.17) is 9.52 Å². The molecule has 2 aromatic heterocycles. The SMILES string of the molecule is CCN(CC(=O)O)C1CC(NC(=O)Cc2coc(-c3cccs3)n2)C1. The number of hydrogen-bond donors (Lipinski definition) is 2. The Hall–Kier alpha value is -2.19. The normalized spacial score (nSPS) is 19.6. The van der Waals surface area contributed by atoms with Crippen molar-refractivity contribution in [1.29, 1.82) is 0 Å². The van der Waals surface area contributed by atoms with Crippen LogP contribution in [0.25, 0.3) is 10.8 Å². The molecule has 1 fully saturated rings. The Kier molecular flexibility index (Phi) is 5.50. The Morgan fingerprint density at radius 3 is 2.92 bits per heavy atom. The second kappa shape index (κ2) is 7.79. The summed E-state index contributed by atoms with van der Waals surface area (Å²) in [5.74, 6) is -0.369. The van der Waals surface area contributed by atoms with Crippen molar-refractivity contribution in [2.45, 2.75) is 38.3 Å². The van der Waals surface area contributed by atoms with Crippen LogP contribution in [-0.2, 0) is 16.0 Å². The average Bonchev–Trinajstić information content (AvgIpc) is 3.19. The summed E-state index contributed by atoms with van der Waals surface area (Å²) in [6.45, 7) is 2.69. The van der Waals surface area contributed by atoms with Crippen LogP contribution in [-0.4, -0.2) is 52.0 Å². The van der Waals surface area contributed by atoms with Gasteiger partial charge in [-0.05, 0) is 30.8 Å². The number of aromatic nitrogens is 1. The third kappa shape index (κ3) is 4.46. The number of nitrogens with one attached hydrogen (secondary N) is 1. The summed E-state index contributed by atoms with van der Waals surface area (Å²) in [5.41, 5.74) is 0.609. The van der Waals surface area contributed by atoms with E-state index in [1.165, 1.54) is 17.6 Å². The van der Waals surface area contributed by atoms with Crippen LogP contribution in [0.1, 0.15) is 25.5 Å². The lowest BCUT2D eigenvalue weighted by atomic mass is 9.85. The quantitative estimate of drug-likeness (QED) is 0.745. The summed E-state index contributed by atoms with van der Waals surface area (Å²) in [6, 6.07) is 4.17. The molecule has 1 aliphatic carbocycles. The number of carbonyl (C=O) groups is 2. The van der Waals surface area contributed by atoms with Gasteiger partial charge in [-0.15, -0.1) is 11.3 Å². The molecule has 1 saturated carbocycles. The van der Waals surface area contributed by atoms with Gasteiger partial charge in [-0.25, -0.2) is 4.98 Å². The molecular weight excluding hydrogens is 342 g/mol. The Bertz CT molecular complexity index is 722. The van der Waals surface area contributed by atoms with Crippen LogP contribution in [0.5, 0.6) is 0 Å². The van der Waals surface area contributed by atoms with E-state index < -0.39 is 5.97 Å². The van der Waals surface area contributed by atoms with Gasteiger partial charge in [0, 0.05) is 12.1 Å². The smallest absolute Gasteiger partial charge is 0.317 e. The Morgan fingerprint density at radius 2 is 2.28 bits per heavy atom. The van der Waals surface area contributed by atoms with Crippen LogP contribution in [0, 0.1) is 0 Å². The van der Waals surface area contributed by atoms with E-state index in [0.29, 0.717) is 18.1 Å². The van der Waals surface area contributed by atoms with Crippen LogP contribution < -0.4 is 5.32 Å². The maximum absolute atomic E-state index is 12.1. The number of aliphatic carboxylic acids is 1. The lowest BCUT2D eigenvalue weighted by molar-refractivity contribution is -0.139. The first-order valence-corrected chi connectivity index (χ1v) is 9.16. The second-order valence-corrected chi connectivity index (χ2v) is 7.09. The van der Waals surface area contributed by atoms with E-state index in [-0.39, 0.29) is 31.0 Å². The maximum atomic E-state index is 12.1. The summed E-state index contributed by atoms with van der Waals surface area (Å²) < 4.78 is 5.41. The van der Waals surface area contributed by atoms with Gasteiger partial charge in [0.25, 0.3) is 0 Å². The monoisotopic (exact) mass is 363 g/mol. The Balaban J connectivity index is 1.44. The summed E-state index contributed by atoms with van der Waals surface area (Å²) in [4.78, 5) is 30.2. The number of nitrogens with zero attached hydrogens (tertiary/aromatic N) is 2. The van der Waals surface area contributed by atoms with Gasteiger partial charge in [0.2, 0.25) is 11.8 Å². The number of hydrogen-bond acceptors (Lipinski definition) is 6. The van der Waals surface area contributed by atoms with Crippen molar-refractivity contribution >= 4 is 23.2 Å². The first-order chi connectivity index (χ1) is 12.0. The van der Waals surface area contributed by atoms with Crippen molar-refractivity contribution in [3.05, 3.63) is 29.5 Å². The van der Waals surface area contributed by atoms with Crippen molar-refractivity contribution in [2.75, 3.05) is 13.1 Å². The molecule has 1 aliphatic rings. The molecule has 0 radical (unpaired) electrons. The van der Waals surface area contributed by atoms with Crippen LogP contribution in [0.3, 0.4) is 0 Å². The van der Waals surface area contributed by atoms with Crippen molar-refractivity contribution in [3.8, 4) is 10.8 Å². The molecule has 2 N–H and O–H groups in total. The zero-order chi connectivity index (χ0) is 17.8. The van der Waals surface area contributed by atoms with Gasteiger partial charge in [-0.1, -0.05) is 13.0 Å². The van der Waals surface area contributed by atoms with Gasteiger partial charge in [-0.2, -0.15) is 0 Å². The third-order valence-corrected chi connectivity index (χ3v) is 5.22. The minimum Gasteiger partial charge on any atom is -0.480 e. The van der Waals surface area contributed by atoms with Gasteiger partial charge in [0.1, 0.15) is 6.26 Å². The van der Waals surface area contributed by atoms with E-state index >= 15 is 0 Å². The van der Waals surface area contributed by atoms with Gasteiger partial charge >= 0.3 is 5.97 Å². The highest BCUT2D eigenvalue weighted by atomic mass is 32.1. The van der Waals surface area contributed by atoms with Crippen LogP contribution in [0.4, 0.5) is 0 Å². The third-order valence-electron chi connectivity index (χ3n) is 4.36. The molecule has 2 aromatic rings.